The van der Waals surface area contributed by atoms with Gasteiger partial charge < -0.3 is 15.3 Å². The van der Waals surface area contributed by atoms with Crippen LogP contribution in [0.15, 0.2) is 58.1 Å². The largest absolute Gasteiger partial charge is 0.490 e. The van der Waals surface area contributed by atoms with E-state index in [-0.39, 0.29) is 18.4 Å². The molecule has 2 atom stereocenters. The van der Waals surface area contributed by atoms with Gasteiger partial charge in [-0.05, 0) is 41.7 Å². The van der Waals surface area contributed by atoms with Crippen LogP contribution in [0.1, 0.15) is 17.5 Å². The topological polar surface area (TPSA) is 114 Å². The van der Waals surface area contributed by atoms with Crippen LogP contribution in [0.3, 0.4) is 0 Å². The molecular formula is C28H27ClF4N6O4. The number of carboxylic acids is 1. The molecular weight excluding hydrogens is 596 g/mol. The molecule has 0 amide bonds. The maximum absolute atomic E-state index is 13.9. The Bertz CT molecular complexity index is 1780. The molecule has 0 saturated carbocycles. The molecule has 0 spiro atoms. The number of nitrogens with one attached hydrogen (secondary N) is 1. The second-order valence-electron chi connectivity index (χ2n) is 10.4. The molecule has 2 saturated heterocycles. The fourth-order valence-corrected chi connectivity index (χ4v) is 5.73. The molecule has 2 aromatic carbocycles. The van der Waals surface area contributed by atoms with Gasteiger partial charge in [0.1, 0.15) is 5.82 Å². The summed E-state index contributed by atoms with van der Waals surface area (Å²) in [5.74, 6) is -1.93. The van der Waals surface area contributed by atoms with Crippen LogP contribution in [0.4, 0.5) is 23.5 Å². The van der Waals surface area contributed by atoms with Gasteiger partial charge in [0.15, 0.2) is 11.2 Å². The first-order valence-electron chi connectivity index (χ1n) is 13.3. The summed E-state index contributed by atoms with van der Waals surface area (Å²) < 4.78 is 49.7. The summed E-state index contributed by atoms with van der Waals surface area (Å²) in [6.07, 6.45) is -4.04. The molecule has 4 aromatic rings. The van der Waals surface area contributed by atoms with E-state index < -0.39 is 23.4 Å². The number of halogens is 5. The van der Waals surface area contributed by atoms with Crippen molar-refractivity contribution in [1.29, 1.82) is 0 Å². The molecule has 228 valence electrons. The number of hydrogen-bond donors (Lipinski definition) is 2. The van der Waals surface area contributed by atoms with Crippen LogP contribution in [0.2, 0.25) is 5.02 Å². The molecule has 2 aliphatic rings. The van der Waals surface area contributed by atoms with Crippen molar-refractivity contribution < 1.29 is 27.5 Å². The number of nitrogens with zero attached hydrogens (tertiary/aromatic N) is 5. The Morgan fingerprint density at radius 1 is 1.07 bits per heavy atom. The highest BCUT2D eigenvalue weighted by Crippen LogP contribution is 2.33. The van der Waals surface area contributed by atoms with Gasteiger partial charge in [0, 0.05) is 37.7 Å². The Morgan fingerprint density at radius 3 is 2.40 bits per heavy atom. The molecule has 2 fully saturated rings. The predicted molar refractivity (Wildman–Crippen MR) is 151 cm³/mol. The lowest BCUT2D eigenvalue weighted by molar-refractivity contribution is -0.192. The van der Waals surface area contributed by atoms with Crippen LogP contribution in [-0.2, 0) is 24.9 Å². The molecule has 4 heterocycles. The van der Waals surface area contributed by atoms with Gasteiger partial charge in [0.25, 0.3) is 5.56 Å². The van der Waals surface area contributed by atoms with E-state index in [4.69, 9.17) is 26.5 Å². The summed E-state index contributed by atoms with van der Waals surface area (Å²) in [7, 11) is 1.63. The number of imidazole rings is 1. The second-order valence-corrected chi connectivity index (χ2v) is 10.8. The number of alkyl halides is 3. The molecule has 0 aliphatic carbocycles. The van der Waals surface area contributed by atoms with E-state index in [0.717, 1.165) is 31.6 Å². The molecule has 6 rings (SSSR count). The van der Waals surface area contributed by atoms with Crippen molar-refractivity contribution in [2.45, 2.75) is 31.7 Å². The molecule has 2 aromatic heterocycles. The third kappa shape index (κ3) is 6.02. The number of benzene rings is 2. The molecule has 0 bridgehead atoms. The van der Waals surface area contributed by atoms with Gasteiger partial charge in [-0.15, -0.1) is 0 Å². The average molecular weight is 623 g/mol. The number of rotatable bonds is 5. The Kier molecular flexibility index (Phi) is 8.34. The lowest BCUT2D eigenvalue weighted by atomic mass is 10.1. The maximum Gasteiger partial charge on any atom is 0.490 e. The normalized spacial score (nSPS) is 18.0. The fraction of sp³-hybridized carbons (Fsp3) is 0.357. The van der Waals surface area contributed by atoms with Crippen LogP contribution in [-0.4, -0.2) is 61.6 Å². The zero-order valence-electron chi connectivity index (χ0n) is 22.8. The number of carboxylic acid groups (broad SMARTS) is 1. The summed E-state index contributed by atoms with van der Waals surface area (Å²) in [4.78, 5) is 43.2. The molecule has 15 heteroatoms. The van der Waals surface area contributed by atoms with Gasteiger partial charge in [-0.2, -0.15) is 18.2 Å². The molecule has 2 aliphatic heterocycles. The zero-order chi connectivity index (χ0) is 31.1. The van der Waals surface area contributed by atoms with Crippen LogP contribution in [0.5, 0.6) is 0 Å². The van der Waals surface area contributed by atoms with Crippen molar-refractivity contribution in [3.8, 4) is 0 Å². The number of aryl methyl sites for hydroxylation is 1. The van der Waals surface area contributed by atoms with E-state index in [1.807, 2.05) is 28.8 Å². The first-order chi connectivity index (χ1) is 20.4. The second kappa shape index (κ2) is 11.8. The van der Waals surface area contributed by atoms with E-state index >= 15 is 0 Å². The van der Waals surface area contributed by atoms with Crippen LogP contribution < -0.4 is 21.5 Å². The Balaban J connectivity index is 0.000000472. The summed E-state index contributed by atoms with van der Waals surface area (Å²) in [6.45, 7) is 3.03. The van der Waals surface area contributed by atoms with E-state index in [1.165, 1.54) is 21.3 Å². The fourth-order valence-electron chi connectivity index (χ4n) is 5.54. The Hall–Kier alpha value is -4.17. The number of carbonyl (C=O) groups is 1. The van der Waals surface area contributed by atoms with Crippen molar-refractivity contribution in [1.82, 2.24) is 24.0 Å². The van der Waals surface area contributed by atoms with Crippen LogP contribution >= 0.6 is 11.6 Å². The Morgan fingerprint density at radius 2 is 1.74 bits per heavy atom. The minimum atomic E-state index is -5.08. The highest BCUT2D eigenvalue weighted by Gasteiger charge is 2.40. The lowest BCUT2D eigenvalue weighted by Gasteiger charge is -2.25. The first kappa shape index (κ1) is 30.3. The molecule has 0 radical (unpaired) electrons. The monoisotopic (exact) mass is 622 g/mol. The van der Waals surface area contributed by atoms with Crippen LogP contribution in [0.25, 0.3) is 11.2 Å². The Labute approximate surface area is 246 Å². The van der Waals surface area contributed by atoms with Crippen molar-refractivity contribution in [2.24, 2.45) is 13.0 Å². The number of aromatic nitrogens is 4. The third-order valence-electron chi connectivity index (χ3n) is 7.70. The number of anilines is 1. The van der Waals surface area contributed by atoms with Crippen LogP contribution in [0, 0.1) is 11.7 Å². The van der Waals surface area contributed by atoms with Gasteiger partial charge in [0.2, 0.25) is 5.95 Å². The SMILES string of the molecule is Cn1c(=O)n(Cc2ccc(F)cc2)c(=O)c2c1nc(N1CCC3CNCC31)n2Cc1ccccc1Cl.O=C(O)C(F)(F)F. The summed E-state index contributed by atoms with van der Waals surface area (Å²) in [5, 5.41) is 11.2. The van der Waals surface area contributed by atoms with Gasteiger partial charge in [-0.1, -0.05) is 41.9 Å². The van der Waals surface area contributed by atoms with Crippen molar-refractivity contribution in [2.75, 3.05) is 24.5 Å². The van der Waals surface area contributed by atoms with E-state index in [2.05, 4.69) is 10.2 Å². The van der Waals surface area contributed by atoms with E-state index in [0.29, 0.717) is 40.2 Å². The van der Waals surface area contributed by atoms with Gasteiger partial charge >= 0.3 is 17.8 Å². The minimum Gasteiger partial charge on any atom is -0.475 e. The van der Waals surface area contributed by atoms with E-state index in [9.17, 15) is 27.2 Å². The number of aliphatic carboxylic acids is 1. The van der Waals surface area contributed by atoms with Crippen molar-refractivity contribution in [3.63, 3.8) is 0 Å². The summed E-state index contributed by atoms with van der Waals surface area (Å²) >= 11 is 6.51. The molecule has 2 unspecified atom stereocenters. The number of hydrogen-bond acceptors (Lipinski definition) is 6. The summed E-state index contributed by atoms with van der Waals surface area (Å²) in [5.41, 5.74) is 1.32. The van der Waals surface area contributed by atoms with Gasteiger partial charge in [-0.25, -0.2) is 14.0 Å². The lowest BCUT2D eigenvalue weighted by Crippen LogP contribution is -2.40. The zero-order valence-corrected chi connectivity index (χ0v) is 23.6. The highest BCUT2D eigenvalue weighted by molar-refractivity contribution is 6.31. The summed E-state index contributed by atoms with van der Waals surface area (Å²) in [6, 6.07) is 13.6. The van der Waals surface area contributed by atoms with Gasteiger partial charge in [0.05, 0.1) is 13.1 Å². The first-order valence-corrected chi connectivity index (χ1v) is 13.7. The highest BCUT2D eigenvalue weighted by atomic mass is 35.5. The maximum atomic E-state index is 13.9. The van der Waals surface area contributed by atoms with Crippen molar-refractivity contribution >= 4 is 34.7 Å². The van der Waals surface area contributed by atoms with Gasteiger partial charge in [-0.3, -0.25) is 18.5 Å². The standard InChI is InChI=1S/C26H26ClFN6O2.C2HF3O2/c1-31-23-22(24(35)34(26(31)36)14-16-6-8-19(28)9-7-16)33(15-18-4-2-3-5-20(18)27)25(30-23)32-11-10-17-12-29-13-21(17)32;3-2(4,5)1(6)7/h2-9,17,21,29H,10-15H2,1H3;(H,6,7). The predicted octanol–water partition coefficient (Wildman–Crippen LogP) is 3.22. The molecule has 2 N–H and O–H groups in total. The van der Waals surface area contributed by atoms with Crippen molar-refractivity contribution in [3.05, 3.63) is 91.3 Å². The van der Waals surface area contributed by atoms with E-state index in [1.54, 1.807) is 19.2 Å². The smallest absolute Gasteiger partial charge is 0.475 e. The minimum absolute atomic E-state index is 0.0344. The number of fused-ring (bicyclic) bond motifs is 2. The quantitative estimate of drug-likeness (QED) is 0.329. The average Bonchev–Trinajstić information content (AvgIpc) is 3.67. The third-order valence-corrected chi connectivity index (χ3v) is 8.07. The molecule has 10 nitrogen and oxygen atoms in total. The molecule has 43 heavy (non-hydrogen) atoms.